The average Bonchev–Trinajstić information content (AvgIpc) is 3.41. The smallest absolute Gasteiger partial charge is 0.306 e. The minimum atomic E-state index is -0.850. The van der Waals surface area contributed by atoms with Crippen molar-refractivity contribution in [2.45, 2.75) is 232 Å². The number of unbranched alkanes of at least 4 members (excludes halogenated alkanes) is 18. The Morgan fingerprint density at radius 3 is 1.04 bits per heavy atom. The van der Waals surface area contributed by atoms with E-state index in [9.17, 15) is 14.4 Å². The summed E-state index contributed by atoms with van der Waals surface area (Å²) >= 11 is 0. The van der Waals surface area contributed by atoms with Crippen LogP contribution in [0.2, 0.25) is 0 Å². The molecule has 0 rings (SSSR count). The lowest BCUT2D eigenvalue weighted by Gasteiger charge is -2.18. The van der Waals surface area contributed by atoms with Gasteiger partial charge in [-0.05, 0) is 103 Å². The Balaban J connectivity index is 4.63. The number of rotatable bonds is 51. The van der Waals surface area contributed by atoms with Crippen molar-refractivity contribution in [1.29, 1.82) is 0 Å². The Labute approximate surface area is 460 Å². The second kappa shape index (κ2) is 61.3. The zero-order chi connectivity index (χ0) is 54.3. The van der Waals surface area contributed by atoms with Crippen LogP contribution in [0.25, 0.3) is 0 Å². The Kier molecular flexibility index (Phi) is 57.0. The van der Waals surface area contributed by atoms with Crippen LogP contribution in [-0.2, 0) is 28.6 Å². The predicted molar refractivity (Wildman–Crippen MR) is 325 cm³/mol. The molecule has 0 aromatic rings. The van der Waals surface area contributed by atoms with E-state index >= 15 is 0 Å². The normalized spacial score (nSPS) is 13.4. The maximum atomic E-state index is 12.9. The molecule has 0 spiro atoms. The molecule has 6 heteroatoms. The lowest BCUT2D eigenvalue weighted by molar-refractivity contribution is -0.166. The van der Waals surface area contributed by atoms with E-state index in [2.05, 4.69) is 106 Å². The average molecular weight is 1030 g/mol. The van der Waals surface area contributed by atoms with Crippen LogP contribution in [0.1, 0.15) is 226 Å². The molecule has 0 saturated heterocycles. The van der Waals surface area contributed by atoms with Gasteiger partial charge in [0, 0.05) is 19.3 Å². The van der Waals surface area contributed by atoms with Crippen molar-refractivity contribution >= 4 is 17.9 Å². The Morgan fingerprint density at radius 2 is 0.613 bits per heavy atom. The van der Waals surface area contributed by atoms with E-state index in [-0.39, 0.29) is 38.0 Å². The Morgan fingerprint density at radius 1 is 0.293 bits per heavy atom. The first-order valence-electron chi connectivity index (χ1n) is 29.7. The molecule has 0 fully saturated rings. The van der Waals surface area contributed by atoms with E-state index in [1.165, 1.54) is 89.9 Å². The van der Waals surface area contributed by atoms with Gasteiger partial charge >= 0.3 is 17.9 Å². The van der Waals surface area contributed by atoms with Crippen molar-refractivity contribution in [2.24, 2.45) is 0 Å². The molecular weight excluding hydrogens is 925 g/mol. The summed E-state index contributed by atoms with van der Waals surface area (Å²) in [6.45, 7) is 6.26. The maximum absolute atomic E-state index is 12.9. The van der Waals surface area contributed by atoms with Crippen molar-refractivity contribution in [3.8, 4) is 0 Å². The van der Waals surface area contributed by atoms with Crippen molar-refractivity contribution in [3.63, 3.8) is 0 Å². The predicted octanol–water partition coefficient (Wildman–Crippen LogP) is 20.3. The van der Waals surface area contributed by atoms with Crippen molar-refractivity contribution in [2.75, 3.05) is 13.2 Å². The highest BCUT2D eigenvalue weighted by Gasteiger charge is 2.19. The van der Waals surface area contributed by atoms with E-state index < -0.39 is 12.1 Å². The third-order valence-corrected chi connectivity index (χ3v) is 11.9. The fourth-order valence-electron chi connectivity index (χ4n) is 7.50. The zero-order valence-electron chi connectivity index (χ0n) is 47.7. The molecular formula is C69H106O6. The quantitative estimate of drug-likeness (QED) is 0.0199. The third kappa shape index (κ3) is 59.5. The summed E-state index contributed by atoms with van der Waals surface area (Å²) in [6.07, 6.45) is 90.7. The number of esters is 3. The van der Waals surface area contributed by atoms with Gasteiger partial charge < -0.3 is 14.2 Å². The van der Waals surface area contributed by atoms with Crippen molar-refractivity contribution in [3.05, 3.63) is 170 Å². The monoisotopic (exact) mass is 1030 g/mol. The summed E-state index contributed by atoms with van der Waals surface area (Å²) < 4.78 is 16.8. The van der Waals surface area contributed by atoms with E-state index in [1.807, 2.05) is 85.1 Å². The summed E-state index contributed by atoms with van der Waals surface area (Å²) in [5.74, 6) is -1.08. The van der Waals surface area contributed by atoms with Crippen LogP contribution in [0.5, 0.6) is 0 Å². The second-order valence-corrected chi connectivity index (χ2v) is 19.0. The van der Waals surface area contributed by atoms with Crippen molar-refractivity contribution < 1.29 is 28.6 Å². The van der Waals surface area contributed by atoms with E-state index in [4.69, 9.17) is 14.2 Å². The number of hydrogen-bond acceptors (Lipinski definition) is 6. The topological polar surface area (TPSA) is 78.9 Å². The summed E-state index contributed by atoms with van der Waals surface area (Å²) in [6, 6.07) is 0. The molecule has 0 radical (unpaired) electrons. The van der Waals surface area contributed by atoms with Crippen LogP contribution >= 0.6 is 0 Å². The summed E-state index contributed by atoms with van der Waals surface area (Å²) in [5, 5.41) is 0. The van der Waals surface area contributed by atoms with Gasteiger partial charge in [-0.2, -0.15) is 0 Å². The minimum absolute atomic E-state index is 0.134. The molecule has 0 aromatic carbocycles. The first kappa shape index (κ1) is 69.8. The lowest BCUT2D eigenvalue weighted by Crippen LogP contribution is -2.30. The molecule has 0 saturated carbocycles. The fraction of sp³-hybridized carbons (Fsp3) is 0.551. The zero-order valence-corrected chi connectivity index (χ0v) is 47.7. The lowest BCUT2D eigenvalue weighted by atomic mass is 10.1. The number of carbonyl (C=O) groups is 3. The largest absolute Gasteiger partial charge is 0.462 e. The minimum Gasteiger partial charge on any atom is -0.462 e. The van der Waals surface area contributed by atoms with Gasteiger partial charge in [-0.25, -0.2) is 0 Å². The molecule has 0 N–H and O–H groups in total. The number of allylic oxidation sites excluding steroid dienone is 28. The fourth-order valence-corrected chi connectivity index (χ4v) is 7.50. The Hall–Kier alpha value is -5.23. The molecule has 0 aliphatic carbocycles. The van der Waals surface area contributed by atoms with Gasteiger partial charge in [0.05, 0.1) is 0 Å². The van der Waals surface area contributed by atoms with Gasteiger partial charge in [-0.1, -0.05) is 274 Å². The molecule has 6 nitrogen and oxygen atoms in total. The summed E-state index contributed by atoms with van der Waals surface area (Å²) in [4.78, 5) is 38.2. The first-order chi connectivity index (χ1) is 37.0. The van der Waals surface area contributed by atoms with Gasteiger partial charge in [0.2, 0.25) is 0 Å². The molecule has 0 aliphatic rings. The first-order valence-corrected chi connectivity index (χ1v) is 29.7. The van der Waals surface area contributed by atoms with Crippen LogP contribution in [0.15, 0.2) is 170 Å². The molecule has 418 valence electrons. The van der Waals surface area contributed by atoms with Gasteiger partial charge in [-0.3, -0.25) is 14.4 Å². The molecule has 1 unspecified atom stereocenters. The van der Waals surface area contributed by atoms with E-state index in [0.29, 0.717) is 19.3 Å². The molecule has 75 heavy (non-hydrogen) atoms. The van der Waals surface area contributed by atoms with Gasteiger partial charge in [0.1, 0.15) is 13.2 Å². The van der Waals surface area contributed by atoms with E-state index in [0.717, 1.165) is 83.5 Å². The van der Waals surface area contributed by atoms with Crippen LogP contribution in [0.4, 0.5) is 0 Å². The van der Waals surface area contributed by atoms with Crippen LogP contribution in [0, 0.1) is 0 Å². The van der Waals surface area contributed by atoms with E-state index in [1.54, 1.807) is 0 Å². The third-order valence-electron chi connectivity index (χ3n) is 11.9. The highest BCUT2D eigenvalue weighted by atomic mass is 16.6. The van der Waals surface area contributed by atoms with Crippen LogP contribution in [-0.4, -0.2) is 37.2 Å². The molecule has 0 aliphatic heterocycles. The highest BCUT2D eigenvalue weighted by Crippen LogP contribution is 2.13. The number of hydrogen-bond donors (Lipinski definition) is 0. The highest BCUT2D eigenvalue weighted by molar-refractivity contribution is 5.71. The van der Waals surface area contributed by atoms with Gasteiger partial charge in [0.25, 0.3) is 0 Å². The molecule has 0 amide bonds. The SMILES string of the molecule is CC\C=C/C=C\C=C/C=C\C=C\C=C/C=C\CCCCCC(=O)OCC(COC(=O)CCCCCCCCC/C=C\CCCCCCCCCC)OC(=O)CC/C=C\C/C=C\C/C=C\C/C=C\C/C=C\C/C=C\CC. The van der Waals surface area contributed by atoms with Crippen LogP contribution < -0.4 is 0 Å². The van der Waals surface area contributed by atoms with Crippen molar-refractivity contribution in [1.82, 2.24) is 0 Å². The van der Waals surface area contributed by atoms with Crippen LogP contribution in [0.3, 0.4) is 0 Å². The molecule has 0 aromatic heterocycles. The van der Waals surface area contributed by atoms with Gasteiger partial charge in [0.15, 0.2) is 6.10 Å². The number of carbonyl (C=O) groups excluding carboxylic acids is 3. The summed E-state index contributed by atoms with van der Waals surface area (Å²) in [5.41, 5.74) is 0. The number of ether oxygens (including phenoxy) is 3. The molecule has 0 heterocycles. The summed E-state index contributed by atoms with van der Waals surface area (Å²) in [7, 11) is 0. The maximum Gasteiger partial charge on any atom is 0.306 e. The standard InChI is InChI=1S/C69H106O6/c1-4-7-10-13-16-19-22-25-28-31-34-37-40-43-46-49-52-55-58-61-67(70)73-64-66(75-69(72)63-60-57-54-51-48-45-42-39-36-33-30-27-24-21-18-15-12-9-6-3)65-74-68(71)62-59-56-53-50-47-44-41-38-35-32-29-26-23-20-17-14-11-8-5-2/h7,9-10,12-13,16,18-19,21-22,25,27-28,30-32,34-37,39-40,43,45-46,48,54,57,66H,4-6,8,11,14-15,17,20,23-24,26,29,33,38,41-42,44,47,49-53,55-56,58-65H2,1-3H3/b10-7-,12-9-,16-13-,21-18-,22-19-,28-25-,30-27-,34-31+,35-32-,39-36-,40-37-,46-43-,48-45-,57-54-. The van der Waals surface area contributed by atoms with Gasteiger partial charge in [-0.15, -0.1) is 0 Å². The Bertz CT molecular complexity index is 1750. The molecule has 1 atom stereocenters. The molecule has 0 bridgehead atoms. The second-order valence-electron chi connectivity index (χ2n) is 19.0.